The molecule has 1 aromatic carbocycles. The molecule has 0 radical (unpaired) electrons. The molecule has 6 heteroatoms. The van der Waals surface area contributed by atoms with Crippen LogP contribution in [0.15, 0.2) is 24.3 Å². The number of amides is 1. The van der Waals surface area contributed by atoms with E-state index in [1.54, 1.807) is 11.0 Å². The summed E-state index contributed by atoms with van der Waals surface area (Å²) in [7, 11) is 0. The molecule has 0 unspecified atom stereocenters. The van der Waals surface area contributed by atoms with Gasteiger partial charge >= 0.3 is 6.18 Å². The third kappa shape index (κ3) is 5.40. The van der Waals surface area contributed by atoms with Gasteiger partial charge in [0.25, 0.3) is 0 Å². The van der Waals surface area contributed by atoms with Gasteiger partial charge in [-0.05, 0) is 29.4 Å². The van der Waals surface area contributed by atoms with Crippen molar-refractivity contribution in [2.24, 2.45) is 11.3 Å². The van der Waals surface area contributed by atoms with Crippen molar-refractivity contribution in [3.63, 3.8) is 0 Å². The zero-order chi connectivity index (χ0) is 18.8. The Labute approximate surface area is 152 Å². The second-order valence-corrected chi connectivity index (χ2v) is 9.16. The minimum Gasteiger partial charge on any atom is -0.326 e. The maximum absolute atomic E-state index is 13.3. The summed E-state index contributed by atoms with van der Waals surface area (Å²) >= 11 is 1.41. The number of alkyl halides is 3. The van der Waals surface area contributed by atoms with Crippen molar-refractivity contribution < 1.29 is 18.0 Å². The zero-order valence-electron chi connectivity index (χ0n) is 15.2. The molecule has 1 aliphatic rings. The molecule has 2 rings (SSSR count). The summed E-state index contributed by atoms with van der Waals surface area (Å²) in [6.07, 6.45) is -3.12. The standard InChI is InChI=1S/C19H26F3NOS/c1-13(12-18(2,3)4)11-16(24)23-9-10-25-17(23)14-7-5-6-8-15(14)19(20,21)22/h5-8,13,17H,9-12H2,1-4H3/t13-,17-/m1/s1. The van der Waals surface area contributed by atoms with Gasteiger partial charge < -0.3 is 4.90 Å². The number of carbonyl (C=O) groups excluding carboxylic acids is 1. The number of rotatable bonds is 4. The van der Waals surface area contributed by atoms with E-state index < -0.39 is 17.1 Å². The molecular weight excluding hydrogens is 347 g/mol. The molecule has 0 aliphatic carbocycles. The number of hydrogen-bond acceptors (Lipinski definition) is 2. The first-order chi connectivity index (χ1) is 11.5. The number of halogens is 3. The van der Waals surface area contributed by atoms with Crippen LogP contribution in [0.5, 0.6) is 0 Å². The average Bonchev–Trinajstić information content (AvgIpc) is 2.93. The monoisotopic (exact) mass is 373 g/mol. The quantitative estimate of drug-likeness (QED) is 0.670. The lowest BCUT2D eigenvalue weighted by Gasteiger charge is -2.29. The molecule has 1 fully saturated rings. The summed E-state index contributed by atoms with van der Waals surface area (Å²) < 4.78 is 39.9. The summed E-state index contributed by atoms with van der Waals surface area (Å²) in [5.74, 6) is 0.816. The normalized spacial score (nSPS) is 20.0. The van der Waals surface area contributed by atoms with Gasteiger partial charge in [-0.15, -0.1) is 11.8 Å². The van der Waals surface area contributed by atoms with Gasteiger partial charge in [0.05, 0.1) is 5.56 Å². The van der Waals surface area contributed by atoms with Crippen LogP contribution in [0, 0.1) is 11.3 Å². The fourth-order valence-corrected chi connectivity index (χ4v) is 4.80. The highest BCUT2D eigenvalue weighted by atomic mass is 32.2. The molecule has 25 heavy (non-hydrogen) atoms. The molecule has 140 valence electrons. The van der Waals surface area contributed by atoms with Gasteiger partial charge in [-0.2, -0.15) is 13.2 Å². The van der Waals surface area contributed by atoms with Crippen LogP contribution in [-0.4, -0.2) is 23.1 Å². The summed E-state index contributed by atoms with van der Waals surface area (Å²) in [5.41, 5.74) is -0.328. The third-order valence-electron chi connectivity index (χ3n) is 4.23. The van der Waals surface area contributed by atoms with Crippen molar-refractivity contribution in [2.75, 3.05) is 12.3 Å². The number of hydrogen-bond donors (Lipinski definition) is 0. The lowest BCUT2D eigenvalue weighted by molar-refractivity contribution is -0.140. The van der Waals surface area contributed by atoms with Crippen molar-refractivity contribution in [2.45, 2.75) is 52.1 Å². The molecule has 0 aromatic heterocycles. The highest BCUT2D eigenvalue weighted by Gasteiger charge is 2.39. The first-order valence-electron chi connectivity index (χ1n) is 8.56. The number of thioether (sulfide) groups is 1. The second kappa shape index (κ2) is 7.60. The summed E-state index contributed by atoms with van der Waals surface area (Å²) in [4.78, 5) is 14.3. The van der Waals surface area contributed by atoms with E-state index in [2.05, 4.69) is 20.8 Å². The molecule has 0 saturated carbocycles. The summed E-state index contributed by atoms with van der Waals surface area (Å²) in [6.45, 7) is 8.92. The minimum atomic E-state index is -4.41. The zero-order valence-corrected chi connectivity index (χ0v) is 16.0. The molecule has 1 amide bonds. The van der Waals surface area contributed by atoms with Crippen molar-refractivity contribution in [1.29, 1.82) is 0 Å². The van der Waals surface area contributed by atoms with E-state index in [1.807, 2.05) is 6.92 Å². The maximum Gasteiger partial charge on any atom is 0.416 e. The van der Waals surface area contributed by atoms with Crippen molar-refractivity contribution in [3.05, 3.63) is 35.4 Å². The van der Waals surface area contributed by atoms with E-state index in [0.717, 1.165) is 12.5 Å². The first kappa shape index (κ1) is 20.1. The Hall–Kier alpha value is -1.17. The lowest BCUT2D eigenvalue weighted by Crippen LogP contribution is -2.32. The Bertz CT molecular complexity index is 609. The molecule has 1 aliphatic heterocycles. The number of benzene rings is 1. The van der Waals surface area contributed by atoms with Crippen LogP contribution < -0.4 is 0 Å². The Morgan fingerprint density at radius 3 is 2.52 bits per heavy atom. The van der Waals surface area contributed by atoms with Gasteiger partial charge in [-0.3, -0.25) is 4.79 Å². The smallest absolute Gasteiger partial charge is 0.326 e. The van der Waals surface area contributed by atoms with E-state index in [1.165, 1.54) is 23.9 Å². The Balaban J connectivity index is 2.17. The van der Waals surface area contributed by atoms with Gasteiger partial charge in [0, 0.05) is 18.7 Å². The largest absolute Gasteiger partial charge is 0.416 e. The van der Waals surface area contributed by atoms with Gasteiger partial charge in [-0.1, -0.05) is 45.9 Å². The van der Waals surface area contributed by atoms with Crippen molar-refractivity contribution in [3.8, 4) is 0 Å². The van der Waals surface area contributed by atoms with E-state index >= 15 is 0 Å². The number of nitrogens with zero attached hydrogens (tertiary/aromatic N) is 1. The van der Waals surface area contributed by atoms with Crippen LogP contribution in [0.4, 0.5) is 13.2 Å². The molecule has 0 bridgehead atoms. The lowest BCUT2D eigenvalue weighted by atomic mass is 9.84. The summed E-state index contributed by atoms with van der Waals surface area (Å²) in [6, 6.07) is 5.58. The fourth-order valence-electron chi connectivity index (χ4n) is 3.49. The predicted octanol–water partition coefficient (Wildman–Crippen LogP) is 5.74. The Morgan fingerprint density at radius 2 is 1.92 bits per heavy atom. The SMILES string of the molecule is C[C@H](CC(=O)N1CCS[C@@H]1c1ccccc1C(F)(F)F)CC(C)(C)C. The molecule has 1 heterocycles. The molecule has 0 N–H and O–H groups in total. The van der Waals surface area contributed by atoms with E-state index in [0.29, 0.717) is 18.7 Å². The fraction of sp³-hybridized carbons (Fsp3) is 0.632. The average molecular weight is 373 g/mol. The Kier molecular flexibility index (Phi) is 6.13. The van der Waals surface area contributed by atoms with Crippen LogP contribution in [0.3, 0.4) is 0 Å². The second-order valence-electron chi connectivity index (χ2n) is 7.97. The van der Waals surface area contributed by atoms with Crippen molar-refractivity contribution >= 4 is 17.7 Å². The Morgan fingerprint density at radius 1 is 1.28 bits per heavy atom. The molecule has 1 saturated heterocycles. The molecule has 2 nitrogen and oxygen atoms in total. The van der Waals surface area contributed by atoms with E-state index in [9.17, 15) is 18.0 Å². The van der Waals surface area contributed by atoms with E-state index in [4.69, 9.17) is 0 Å². The maximum atomic E-state index is 13.3. The van der Waals surface area contributed by atoms with Gasteiger partial charge in [0.2, 0.25) is 5.91 Å². The van der Waals surface area contributed by atoms with Gasteiger partial charge in [0.1, 0.15) is 5.37 Å². The van der Waals surface area contributed by atoms with Crippen LogP contribution in [0.1, 0.15) is 57.0 Å². The molecule has 2 atom stereocenters. The highest BCUT2D eigenvalue weighted by Crippen LogP contribution is 2.44. The third-order valence-corrected chi connectivity index (χ3v) is 5.47. The van der Waals surface area contributed by atoms with Crippen LogP contribution in [-0.2, 0) is 11.0 Å². The van der Waals surface area contributed by atoms with Crippen LogP contribution >= 0.6 is 11.8 Å². The van der Waals surface area contributed by atoms with Gasteiger partial charge in [-0.25, -0.2) is 0 Å². The molecule has 0 spiro atoms. The first-order valence-corrected chi connectivity index (χ1v) is 9.61. The molecule has 1 aromatic rings. The topological polar surface area (TPSA) is 20.3 Å². The molecular formula is C19H26F3NOS. The van der Waals surface area contributed by atoms with Crippen LogP contribution in [0.2, 0.25) is 0 Å². The van der Waals surface area contributed by atoms with Gasteiger partial charge in [0.15, 0.2) is 0 Å². The van der Waals surface area contributed by atoms with E-state index in [-0.39, 0.29) is 22.8 Å². The minimum absolute atomic E-state index is 0.0521. The number of carbonyl (C=O) groups is 1. The van der Waals surface area contributed by atoms with Crippen LogP contribution in [0.25, 0.3) is 0 Å². The summed E-state index contributed by atoms with van der Waals surface area (Å²) in [5, 5.41) is -0.549. The highest BCUT2D eigenvalue weighted by molar-refractivity contribution is 7.99. The van der Waals surface area contributed by atoms with Crippen molar-refractivity contribution in [1.82, 2.24) is 4.90 Å². The predicted molar refractivity (Wildman–Crippen MR) is 96.2 cm³/mol.